The van der Waals surface area contributed by atoms with Crippen LogP contribution in [0.3, 0.4) is 0 Å². The van der Waals surface area contributed by atoms with Gasteiger partial charge in [-0.2, -0.15) is 0 Å². The predicted octanol–water partition coefficient (Wildman–Crippen LogP) is 3.75. The standard InChI is InChI=1S/C21H21FN4O3S/c22-15-5-7-17(8-6-15)28-13-19-25-16(14-30-19)12-29-20(27)18-4-1-2-11-26(18)21-23-9-3-10-24-21/h3,5-10,14,18H,1-2,4,11-13H2. The third kappa shape index (κ3) is 5.10. The number of benzene rings is 1. The number of nitrogens with zero attached hydrogens (tertiary/aromatic N) is 4. The van der Waals surface area contributed by atoms with Gasteiger partial charge in [-0.1, -0.05) is 0 Å². The number of halogens is 1. The maximum atomic E-state index is 12.9. The summed E-state index contributed by atoms with van der Waals surface area (Å²) in [6, 6.07) is 7.19. The van der Waals surface area contributed by atoms with Crippen molar-refractivity contribution < 1.29 is 18.7 Å². The molecule has 9 heteroatoms. The Morgan fingerprint density at radius 1 is 1.17 bits per heavy atom. The number of carbonyl (C=O) groups excluding carboxylic acids is 1. The normalized spacial score (nSPS) is 16.3. The second-order valence-corrected chi connectivity index (χ2v) is 7.78. The molecule has 1 atom stereocenters. The Morgan fingerprint density at radius 2 is 1.97 bits per heavy atom. The lowest BCUT2D eigenvalue weighted by Crippen LogP contribution is -2.46. The molecule has 0 spiro atoms. The van der Waals surface area contributed by atoms with Crippen molar-refractivity contribution >= 4 is 23.3 Å². The maximum absolute atomic E-state index is 12.9. The summed E-state index contributed by atoms with van der Waals surface area (Å²) in [5.41, 5.74) is 0.671. The molecule has 3 aromatic rings. The average molecular weight is 428 g/mol. The molecule has 30 heavy (non-hydrogen) atoms. The van der Waals surface area contributed by atoms with Crippen molar-refractivity contribution in [1.82, 2.24) is 15.0 Å². The third-order valence-electron chi connectivity index (χ3n) is 4.72. The van der Waals surface area contributed by atoms with Gasteiger partial charge in [0.05, 0.1) is 5.69 Å². The lowest BCUT2D eigenvalue weighted by molar-refractivity contribution is -0.147. The lowest BCUT2D eigenvalue weighted by atomic mass is 10.0. The molecule has 3 heterocycles. The Kier molecular flexibility index (Phi) is 6.48. The molecule has 0 saturated carbocycles. The number of hydrogen-bond acceptors (Lipinski definition) is 8. The minimum Gasteiger partial charge on any atom is -0.486 e. The van der Waals surface area contributed by atoms with Gasteiger partial charge in [-0.3, -0.25) is 0 Å². The molecular weight excluding hydrogens is 407 g/mol. The van der Waals surface area contributed by atoms with Crippen LogP contribution in [0.1, 0.15) is 30.0 Å². The summed E-state index contributed by atoms with van der Waals surface area (Å²) in [6.07, 6.45) is 6.01. The number of hydrogen-bond donors (Lipinski definition) is 0. The highest BCUT2D eigenvalue weighted by Crippen LogP contribution is 2.23. The van der Waals surface area contributed by atoms with Crippen molar-refractivity contribution in [1.29, 1.82) is 0 Å². The second-order valence-electron chi connectivity index (χ2n) is 6.84. The number of thiazole rings is 1. The van der Waals surface area contributed by atoms with Gasteiger partial charge in [0.25, 0.3) is 0 Å². The maximum Gasteiger partial charge on any atom is 0.329 e. The summed E-state index contributed by atoms with van der Waals surface area (Å²) in [5, 5.41) is 2.60. The number of rotatable bonds is 7. The van der Waals surface area contributed by atoms with Crippen LogP contribution >= 0.6 is 11.3 Å². The number of anilines is 1. The Bertz CT molecular complexity index is 968. The predicted molar refractivity (Wildman–Crippen MR) is 110 cm³/mol. The van der Waals surface area contributed by atoms with E-state index in [1.165, 1.54) is 23.5 Å². The summed E-state index contributed by atoms with van der Waals surface area (Å²) in [7, 11) is 0. The molecule has 0 aliphatic carbocycles. The van der Waals surface area contributed by atoms with Gasteiger partial charge in [0, 0.05) is 24.3 Å². The molecular formula is C21H21FN4O3S. The van der Waals surface area contributed by atoms with E-state index in [1.54, 1.807) is 30.6 Å². The van der Waals surface area contributed by atoms with E-state index in [-0.39, 0.29) is 31.0 Å². The molecule has 1 saturated heterocycles. The first-order valence-electron chi connectivity index (χ1n) is 9.71. The van der Waals surface area contributed by atoms with E-state index in [0.29, 0.717) is 23.8 Å². The third-order valence-corrected chi connectivity index (χ3v) is 5.59. The molecule has 4 rings (SSSR count). The molecule has 2 aromatic heterocycles. The van der Waals surface area contributed by atoms with Gasteiger partial charge in [0.1, 0.15) is 35.8 Å². The van der Waals surface area contributed by atoms with Gasteiger partial charge in [-0.25, -0.2) is 24.1 Å². The van der Waals surface area contributed by atoms with E-state index in [1.807, 2.05) is 10.3 Å². The van der Waals surface area contributed by atoms with Gasteiger partial charge in [-0.15, -0.1) is 11.3 Å². The number of esters is 1. The van der Waals surface area contributed by atoms with Crippen molar-refractivity contribution in [3.05, 3.63) is 64.6 Å². The van der Waals surface area contributed by atoms with Gasteiger partial charge >= 0.3 is 5.97 Å². The molecule has 1 aliphatic rings. The van der Waals surface area contributed by atoms with Crippen LogP contribution < -0.4 is 9.64 Å². The van der Waals surface area contributed by atoms with Gasteiger partial charge in [0.2, 0.25) is 5.95 Å². The van der Waals surface area contributed by atoms with Crippen LogP contribution in [-0.4, -0.2) is 33.5 Å². The highest BCUT2D eigenvalue weighted by Gasteiger charge is 2.31. The zero-order valence-corrected chi connectivity index (χ0v) is 17.1. The lowest BCUT2D eigenvalue weighted by Gasteiger charge is -2.33. The molecule has 1 unspecified atom stereocenters. The van der Waals surface area contributed by atoms with E-state index in [9.17, 15) is 9.18 Å². The van der Waals surface area contributed by atoms with Gasteiger partial charge in [0.15, 0.2) is 0 Å². The van der Waals surface area contributed by atoms with E-state index in [4.69, 9.17) is 9.47 Å². The summed E-state index contributed by atoms with van der Waals surface area (Å²) in [5.74, 6) is 0.517. The van der Waals surface area contributed by atoms with Crippen LogP contribution in [-0.2, 0) is 22.7 Å². The number of carbonyl (C=O) groups is 1. The van der Waals surface area contributed by atoms with Crippen LogP contribution in [0.2, 0.25) is 0 Å². The molecule has 0 radical (unpaired) electrons. The number of aromatic nitrogens is 3. The highest BCUT2D eigenvalue weighted by molar-refractivity contribution is 7.09. The van der Waals surface area contributed by atoms with Crippen LogP contribution in [0.25, 0.3) is 0 Å². The summed E-state index contributed by atoms with van der Waals surface area (Å²) in [4.78, 5) is 27.6. The van der Waals surface area contributed by atoms with Gasteiger partial charge in [-0.05, 0) is 49.6 Å². The van der Waals surface area contributed by atoms with E-state index >= 15 is 0 Å². The molecule has 1 aromatic carbocycles. The molecule has 0 N–H and O–H groups in total. The fraction of sp³-hybridized carbons (Fsp3) is 0.333. The largest absolute Gasteiger partial charge is 0.486 e. The molecule has 0 bridgehead atoms. The smallest absolute Gasteiger partial charge is 0.329 e. The molecule has 7 nitrogen and oxygen atoms in total. The summed E-state index contributed by atoms with van der Waals surface area (Å²) >= 11 is 1.42. The van der Waals surface area contributed by atoms with E-state index < -0.39 is 0 Å². The minimum absolute atomic E-state index is 0.103. The average Bonchev–Trinajstić information content (AvgIpc) is 3.25. The fourth-order valence-corrected chi connectivity index (χ4v) is 3.94. The first-order valence-corrected chi connectivity index (χ1v) is 10.6. The van der Waals surface area contributed by atoms with Crippen molar-refractivity contribution in [3.8, 4) is 5.75 Å². The van der Waals surface area contributed by atoms with Crippen molar-refractivity contribution in [2.45, 2.75) is 38.5 Å². The van der Waals surface area contributed by atoms with Crippen molar-refractivity contribution in [3.63, 3.8) is 0 Å². The monoisotopic (exact) mass is 428 g/mol. The summed E-state index contributed by atoms with van der Waals surface area (Å²) in [6.45, 7) is 1.10. The Labute approximate surface area is 177 Å². The zero-order valence-electron chi connectivity index (χ0n) is 16.2. The first-order chi connectivity index (χ1) is 14.7. The second kappa shape index (κ2) is 9.62. The Hall–Kier alpha value is -3.07. The fourth-order valence-electron chi connectivity index (χ4n) is 3.25. The van der Waals surface area contributed by atoms with E-state index in [2.05, 4.69) is 15.0 Å². The topological polar surface area (TPSA) is 77.4 Å². The quantitative estimate of drug-likeness (QED) is 0.530. The van der Waals surface area contributed by atoms with Crippen LogP contribution in [0.5, 0.6) is 5.75 Å². The summed E-state index contributed by atoms with van der Waals surface area (Å²) < 4.78 is 24.1. The Morgan fingerprint density at radius 3 is 2.77 bits per heavy atom. The Balaban J connectivity index is 1.30. The number of ether oxygens (including phenoxy) is 2. The number of piperidine rings is 1. The van der Waals surface area contributed by atoms with Crippen LogP contribution in [0, 0.1) is 5.82 Å². The van der Waals surface area contributed by atoms with Gasteiger partial charge < -0.3 is 14.4 Å². The molecule has 156 valence electrons. The zero-order chi connectivity index (χ0) is 20.8. The van der Waals surface area contributed by atoms with E-state index in [0.717, 1.165) is 24.4 Å². The van der Waals surface area contributed by atoms with Crippen molar-refractivity contribution in [2.24, 2.45) is 0 Å². The van der Waals surface area contributed by atoms with Crippen LogP contribution in [0.4, 0.5) is 10.3 Å². The first kappa shape index (κ1) is 20.2. The van der Waals surface area contributed by atoms with Crippen LogP contribution in [0.15, 0.2) is 48.1 Å². The molecule has 0 amide bonds. The van der Waals surface area contributed by atoms with Crippen molar-refractivity contribution in [2.75, 3.05) is 11.4 Å². The SMILES string of the molecule is O=C(OCc1csc(COc2ccc(F)cc2)n1)C1CCCCN1c1ncccn1. The molecule has 1 aliphatic heterocycles. The minimum atomic E-state index is -0.388. The molecule has 1 fully saturated rings. The highest BCUT2D eigenvalue weighted by atomic mass is 32.1.